The average Bonchev–Trinajstić information content (AvgIpc) is 3.28. The molecule has 0 aliphatic carbocycles. The van der Waals surface area contributed by atoms with Gasteiger partial charge in [-0.25, -0.2) is 4.98 Å². The van der Waals surface area contributed by atoms with Gasteiger partial charge in [-0.05, 0) is 41.5 Å². The molecular formula is C25H21F3N4O2. The first kappa shape index (κ1) is 22.0. The molecule has 0 radical (unpaired) electrons. The second-order valence-corrected chi connectivity index (χ2v) is 8.08. The Hall–Kier alpha value is -3.85. The number of halogens is 3. The normalized spacial score (nSPS) is 14.5. The lowest BCUT2D eigenvalue weighted by atomic mass is 9.97. The number of pyridine rings is 1. The van der Waals surface area contributed by atoms with Crippen LogP contribution in [0.2, 0.25) is 0 Å². The lowest BCUT2D eigenvalue weighted by Gasteiger charge is -2.29. The van der Waals surface area contributed by atoms with E-state index in [9.17, 15) is 18.0 Å². The number of ether oxygens (including phenoxy) is 1. The molecule has 0 bridgehead atoms. The summed E-state index contributed by atoms with van der Waals surface area (Å²) in [7, 11) is 0. The molecule has 0 unspecified atom stereocenters. The zero-order valence-electron chi connectivity index (χ0n) is 18.0. The summed E-state index contributed by atoms with van der Waals surface area (Å²) in [5.74, 6) is -0.554. The number of nitrogens with one attached hydrogen (secondary N) is 1. The number of hydrogen-bond donors (Lipinski definition) is 2. The molecule has 5 rings (SSSR count). The van der Waals surface area contributed by atoms with Gasteiger partial charge in [0.05, 0.1) is 18.8 Å². The third kappa shape index (κ3) is 4.10. The number of nitrogens with zero attached hydrogens (tertiary/aromatic N) is 2. The minimum absolute atomic E-state index is 0.0730. The second-order valence-electron chi connectivity index (χ2n) is 8.08. The van der Waals surface area contributed by atoms with E-state index in [4.69, 9.17) is 10.5 Å². The summed E-state index contributed by atoms with van der Waals surface area (Å²) in [4.78, 5) is 20.6. The first-order valence-corrected chi connectivity index (χ1v) is 10.7. The first-order valence-electron chi connectivity index (χ1n) is 10.7. The minimum atomic E-state index is -4.58. The van der Waals surface area contributed by atoms with E-state index in [-0.39, 0.29) is 5.56 Å². The Labute approximate surface area is 193 Å². The highest BCUT2D eigenvalue weighted by Gasteiger charge is 2.35. The number of morpholine rings is 1. The molecule has 0 atom stereocenters. The highest BCUT2D eigenvalue weighted by atomic mass is 19.4. The van der Waals surface area contributed by atoms with Crippen LogP contribution in [0.15, 0.2) is 60.8 Å². The van der Waals surface area contributed by atoms with Crippen molar-refractivity contribution in [3.05, 3.63) is 71.9 Å². The fourth-order valence-corrected chi connectivity index (χ4v) is 4.25. The monoisotopic (exact) mass is 466 g/mol. The second kappa shape index (κ2) is 8.49. The molecule has 6 nitrogen and oxygen atoms in total. The number of amides is 1. The van der Waals surface area contributed by atoms with Gasteiger partial charge in [-0.3, -0.25) is 4.79 Å². The summed E-state index contributed by atoms with van der Waals surface area (Å²) in [5.41, 5.74) is 7.85. The summed E-state index contributed by atoms with van der Waals surface area (Å²) in [6, 6.07) is 15.3. The van der Waals surface area contributed by atoms with Gasteiger partial charge in [0.2, 0.25) is 5.91 Å². The van der Waals surface area contributed by atoms with E-state index in [1.165, 1.54) is 0 Å². The van der Waals surface area contributed by atoms with Gasteiger partial charge >= 0.3 is 6.18 Å². The van der Waals surface area contributed by atoms with Gasteiger partial charge in [-0.2, -0.15) is 13.2 Å². The van der Waals surface area contributed by atoms with Crippen molar-refractivity contribution in [2.75, 3.05) is 31.2 Å². The van der Waals surface area contributed by atoms with E-state index in [1.807, 2.05) is 6.07 Å². The van der Waals surface area contributed by atoms with Crippen LogP contribution in [0.4, 0.5) is 18.9 Å². The number of fused-ring (bicyclic) bond motifs is 1. The molecule has 3 heterocycles. The van der Waals surface area contributed by atoms with Gasteiger partial charge in [-0.15, -0.1) is 0 Å². The van der Waals surface area contributed by atoms with E-state index in [0.717, 1.165) is 11.9 Å². The predicted octanol–water partition coefficient (Wildman–Crippen LogP) is 4.85. The molecule has 1 amide bonds. The van der Waals surface area contributed by atoms with Crippen LogP contribution >= 0.6 is 0 Å². The van der Waals surface area contributed by atoms with Gasteiger partial charge in [0.1, 0.15) is 5.65 Å². The van der Waals surface area contributed by atoms with Gasteiger partial charge in [0.15, 0.2) is 0 Å². The molecule has 2 aromatic heterocycles. The van der Waals surface area contributed by atoms with Crippen LogP contribution in [-0.4, -0.2) is 42.2 Å². The van der Waals surface area contributed by atoms with Crippen molar-refractivity contribution in [1.82, 2.24) is 9.97 Å². The number of primary amides is 1. The molecule has 1 saturated heterocycles. The standard InChI is InChI=1S/C25H21F3N4O2/c26-25(27,28)20-14-30-24-19(13-21(31-24)15-4-6-16(7-5-15)23(29)33)22(20)17-2-1-3-18(12-17)32-8-10-34-11-9-32/h1-7,12-14H,8-11H2,(H2,29,33)(H,30,31). The van der Waals surface area contributed by atoms with Crippen LogP contribution in [0.3, 0.4) is 0 Å². The highest BCUT2D eigenvalue weighted by molar-refractivity contribution is 5.99. The number of nitrogens with two attached hydrogens (primary N) is 1. The Morgan fingerprint density at radius 1 is 1.03 bits per heavy atom. The Kier molecular flexibility index (Phi) is 5.49. The summed E-state index contributed by atoms with van der Waals surface area (Å²) in [5, 5.41) is 0.364. The SMILES string of the molecule is NC(=O)c1ccc(-c2cc3c(-c4cccc(N5CCOCC5)c4)c(C(F)(F)F)cnc3[nH]2)cc1. The Bertz CT molecular complexity index is 1360. The van der Waals surface area contributed by atoms with E-state index in [1.54, 1.807) is 48.5 Å². The van der Waals surface area contributed by atoms with Crippen LogP contribution in [0.25, 0.3) is 33.4 Å². The van der Waals surface area contributed by atoms with E-state index < -0.39 is 17.6 Å². The van der Waals surface area contributed by atoms with Crippen molar-refractivity contribution in [3.8, 4) is 22.4 Å². The lowest BCUT2D eigenvalue weighted by Crippen LogP contribution is -2.36. The number of carbonyl (C=O) groups is 1. The van der Waals surface area contributed by atoms with E-state index in [2.05, 4.69) is 14.9 Å². The third-order valence-corrected chi connectivity index (χ3v) is 5.96. The minimum Gasteiger partial charge on any atom is -0.378 e. The zero-order valence-corrected chi connectivity index (χ0v) is 18.0. The summed E-state index contributed by atoms with van der Waals surface area (Å²) < 4.78 is 47.5. The Morgan fingerprint density at radius 2 is 1.76 bits per heavy atom. The maximum Gasteiger partial charge on any atom is 0.418 e. The lowest BCUT2D eigenvalue weighted by molar-refractivity contribution is -0.137. The molecule has 0 spiro atoms. The van der Waals surface area contributed by atoms with Crippen molar-refractivity contribution in [2.24, 2.45) is 5.73 Å². The molecule has 0 saturated carbocycles. The van der Waals surface area contributed by atoms with Crippen molar-refractivity contribution < 1.29 is 22.7 Å². The molecule has 1 fully saturated rings. The van der Waals surface area contributed by atoms with Crippen molar-refractivity contribution in [1.29, 1.82) is 0 Å². The molecule has 9 heteroatoms. The summed E-state index contributed by atoms with van der Waals surface area (Å²) in [6.07, 6.45) is -3.71. The number of H-pyrrole nitrogens is 1. The number of hydrogen-bond acceptors (Lipinski definition) is 4. The number of benzene rings is 2. The van der Waals surface area contributed by atoms with Crippen LogP contribution in [-0.2, 0) is 10.9 Å². The quantitative estimate of drug-likeness (QED) is 0.450. The largest absolute Gasteiger partial charge is 0.418 e. The van der Waals surface area contributed by atoms with Gasteiger partial charge < -0.3 is 20.4 Å². The van der Waals surface area contributed by atoms with E-state index >= 15 is 0 Å². The molecule has 1 aliphatic heterocycles. The van der Waals surface area contributed by atoms with Crippen LogP contribution in [0.1, 0.15) is 15.9 Å². The third-order valence-electron chi connectivity index (χ3n) is 5.96. The molecule has 174 valence electrons. The fourth-order valence-electron chi connectivity index (χ4n) is 4.25. The molecule has 4 aromatic rings. The zero-order chi connectivity index (χ0) is 23.9. The van der Waals surface area contributed by atoms with E-state index in [0.29, 0.717) is 59.7 Å². The fraction of sp³-hybridized carbons (Fsp3) is 0.200. The molecule has 1 aliphatic rings. The molecule has 3 N–H and O–H groups in total. The Balaban J connectivity index is 1.66. The van der Waals surface area contributed by atoms with Gasteiger partial charge in [0.25, 0.3) is 0 Å². The number of rotatable bonds is 4. The number of aromatic nitrogens is 2. The maximum atomic E-state index is 14.0. The summed E-state index contributed by atoms with van der Waals surface area (Å²) >= 11 is 0. The smallest absolute Gasteiger partial charge is 0.378 e. The number of aromatic amines is 1. The topological polar surface area (TPSA) is 84.2 Å². The average molecular weight is 466 g/mol. The predicted molar refractivity (Wildman–Crippen MR) is 124 cm³/mol. The number of carbonyl (C=O) groups excluding carboxylic acids is 1. The van der Waals surface area contributed by atoms with Crippen LogP contribution in [0, 0.1) is 0 Å². The van der Waals surface area contributed by atoms with Crippen molar-refractivity contribution in [3.63, 3.8) is 0 Å². The summed E-state index contributed by atoms with van der Waals surface area (Å²) in [6.45, 7) is 2.51. The number of alkyl halides is 3. The number of anilines is 1. The van der Waals surface area contributed by atoms with Crippen LogP contribution in [0.5, 0.6) is 0 Å². The van der Waals surface area contributed by atoms with Crippen molar-refractivity contribution in [2.45, 2.75) is 6.18 Å². The highest BCUT2D eigenvalue weighted by Crippen LogP contribution is 2.42. The Morgan fingerprint density at radius 3 is 2.44 bits per heavy atom. The maximum absolute atomic E-state index is 14.0. The molecule has 2 aromatic carbocycles. The van der Waals surface area contributed by atoms with Crippen LogP contribution < -0.4 is 10.6 Å². The first-order chi connectivity index (χ1) is 16.3. The molecule has 34 heavy (non-hydrogen) atoms. The van der Waals surface area contributed by atoms with Gasteiger partial charge in [0, 0.05) is 47.2 Å². The molecular weight excluding hydrogens is 445 g/mol. The van der Waals surface area contributed by atoms with Gasteiger partial charge in [-0.1, -0.05) is 24.3 Å². The van der Waals surface area contributed by atoms with Crippen molar-refractivity contribution >= 4 is 22.6 Å².